The molecule has 96 valence electrons. The van der Waals surface area contributed by atoms with E-state index in [-0.39, 0.29) is 11.2 Å². The Bertz CT molecular complexity index is 319. The summed E-state index contributed by atoms with van der Waals surface area (Å²) < 4.78 is 11.6. The average Bonchev–Trinajstić information content (AvgIpc) is 2.72. The van der Waals surface area contributed by atoms with Crippen LogP contribution in [0, 0.1) is 11.3 Å². The molecule has 3 aliphatic rings. The zero-order chi connectivity index (χ0) is 11.9. The lowest BCUT2D eigenvalue weighted by Gasteiger charge is -2.46. The van der Waals surface area contributed by atoms with E-state index in [4.69, 9.17) is 9.47 Å². The van der Waals surface area contributed by atoms with E-state index in [9.17, 15) is 4.79 Å². The van der Waals surface area contributed by atoms with Gasteiger partial charge in [0.05, 0.1) is 13.2 Å². The molecule has 0 unspecified atom stereocenters. The summed E-state index contributed by atoms with van der Waals surface area (Å²) in [4.78, 5) is 12.3. The molecule has 2 atom stereocenters. The van der Waals surface area contributed by atoms with Crippen LogP contribution in [-0.4, -0.2) is 24.8 Å². The molecule has 0 aromatic carbocycles. The summed E-state index contributed by atoms with van der Waals surface area (Å²) in [6.45, 7) is 3.61. The lowest BCUT2D eigenvalue weighted by atomic mass is 9.62. The number of fused-ring (bicyclic) bond motifs is 1. The van der Waals surface area contributed by atoms with E-state index in [1.165, 1.54) is 6.42 Å². The van der Waals surface area contributed by atoms with Crippen molar-refractivity contribution in [2.24, 2.45) is 11.3 Å². The fourth-order valence-electron chi connectivity index (χ4n) is 3.87. The SMILES string of the molecule is C[C@]12CCC3(C[C@H]1CCCCC2=O)OCCO3. The highest BCUT2D eigenvalue weighted by atomic mass is 16.7. The number of ketones is 1. The van der Waals surface area contributed by atoms with Crippen LogP contribution >= 0.6 is 0 Å². The van der Waals surface area contributed by atoms with Gasteiger partial charge >= 0.3 is 0 Å². The minimum atomic E-state index is -0.338. The third-order valence-corrected chi connectivity index (χ3v) is 5.14. The molecule has 0 bridgehead atoms. The maximum atomic E-state index is 12.3. The van der Waals surface area contributed by atoms with E-state index in [1.807, 2.05) is 0 Å². The van der Waals surface area contributed by atoms with Gasteiger partial charge in [0, 0.05) is 24.7 Å². The van der Waals surface area contributed by atoms with E-state index in [0.29, 0.717) is 11.7 Å². The molecule has 3 nitrogen and oxygen atoms in total. The predicted molar refractivity (Wildman–Crippen MR) is 63.6 cm³/mol. The average molecular weight is 238 g/mol. The lowest BCUT2D eigenvalue weighted by molar-refractivity contribution is -0.205. The Morgan fingerprint density at radius 3 is 2.71 bits per heavy atom. The van der Waals surface area contributed by atoms with Crippen molar-refractivity contribution < 1.29 is 14.3 Å². The van der Waals surface area contributed by atoms with Crippen molar-refractivity contribution in [3.8, 4) is 0 Å². The molecule has 1 spiro atoms. The van der Waals surface area contributed by atoms with E-state index in [2.05, 4.69) is 6.92 Å². The van der Waals surface area contributed by atoms with Gasteiger partial charge in [0.15, 0.2) is 5.79 Å². The summed E-state index contributed by atoms with van der Waals surface area (Å²) in [5.74, 6) is 0.603. The van der Waals surface area contributed by atoms with Crippen molar-refractivity contribution in [3.05, 3.63) is 0 Å². The number of hydrogen-bond donors (Lipinski definition) is 0. The fraction of sp³-hybridized carbons (Fsp3) is 0.929. The topological polar surface area (TPSA) is 35.5 Å². The summed E-state index contributed by atoms with van der Waals surface area (Å²) in [7, 11) is 0. The summed E-state index contributed by atoms with van der Waals surface area (Å²) in [6, 6.07) is 0. The van der Waals surface area contributed by atoms with E-state index >= 15 is 0 Å². The molecule has 0 N–H and O–H groups in total. The van der Waals surface area contributed by atoms with Crippen LogP contribution in [0.15, 0.2) is 0 Å². The molecule has 3 heteroatoms. The van der Waals surface area contributed by atoms with Gasteiger partial charge in [-0.3, -0.25) is 4.79 Å². The van der Waals surface area contributed by atoms with Crippen LogP contribution in [0.25, 0.3) is 0 Å². The first-order valence-corrected chi connectivity index (χ1v) is 6.96. The maximum absolute atomic E-state index is 12.3. The van der Waals surface area contributed by atoms with Crippen molar-refractivity contribution >= 4 is 5.78 Å². The Balaban J connectivity index is 1.83. The van der Waals surface area contributed by atoms with Crippen molar-refractivity contribution in [2.45, 2.75) is 57.7 Å². The number of rotatable bonds is 0. The van der Waals surface area contributed by atoms with Crippen LogP contribution in [0.5, 0.6) is 0 Å². The molecule has 0 aromatic heterocycles. The lowest BCUT2D eigenvalue weighted by Crippen LogP contribution is -2.47. The van der Waals surface area contributed by atoms with Crippen molar-refractivity contribution in [2.75, 3.05) is 13.2 Å². The molecule has 0 amide bonds. The first-order chi connectivity index (χ1) is 8.15. The maximum Gasteiger partial charge on any atom is 0.168 e. The second-order valence-electron chi connectivity index (χ2n) is 6.10. The molecule has 3 rings (SSSR count). The zero-order valence-electron chi connectivity index (χ0n) is 10.7. The van der Waals surface area contributed by atoms with Gasteiger partial charge in [0.2, 0.25) is 0 Å². The smallest absolute Gasteiger partial charge is 0.168 e. The minimum absolute atomic E-state index is 0.100. The van der Waals surface area contributed by atoms with Gasteiger partial charge in [0.1, 0.15) is 5.78 Å². The van der Waals surface area contributed by atoms with Gasteiger partial charge < -0.3 is 9.47 Å². The van der Waals surface area contributed by atoms with Crippen LogP contribution in [0.1, 0.15) is 51.9 Å². The van der Waals surface area contributed by atoms with Crippen molar-refractivity contribution in [1.82, 2.24) is 0 Å². The van der Waals surface area contributed by atoms with Crippen molar-refractivity contribution in [1.29, 1.82) is 0 Å². The summed E-state index contributed by atoms with van der Waals surface area (Å²) in [5.41, 5.74) is -0.100. The van der Waals surface area contributed by atoms with Crippen molar-refractivity contribution in [3.63, 3.8) is 0 Å². The largest absolute Gasteiger partial charge is 0.348 e. The van der Waals surface area contributed by atoms with E-state index in [0.717, 1.165) is 51.7 Å². The van der Waals surface area contributed by atoms with E-state index < -0.39 is 0 Å². The molecule has 1 heterocycles. The van der Waals surface area contributed by atoms with Crippen LogP contribution < -0.4 is 0 Å². The third-order valence-electron chi connectivity index (χ3n) is 5.14. The fourth-order valence-corrected chi connectivity index (χ4v) is 3.87. The van der Waals surface area contributed by atoms with Gasteiger partial charge in [-0.25, -0.2) is 0 Å². The first-order valence-electron chi connectivity index (χ1n) is 6.96. The Morgan fingerprint density at radius 1 is 1.18 bits per heavy atom. The highest BCUT2D eigenvalue weighted by Gasteiger charge is 2.52. The Hall–Kier alpha value is -0.410. The highest BCUT2D eigenvalue weighted by Crippen LogP contribution is 2.52. The third kappa shape index (κ3) is 1.84. The number of carbonyl (C=O) groups excluding carboxylic acids is 1. The quantitative estimate of drug-likeness (QED) is 0.651. The summed E-state index contributed by atoms with van der Waals surface area (Å²) in [5, 5.41) is 0. The molecule has 2 aliphatic carbocycles. The molecule has 3 fully saturated rings. The van der Waals surface area contributed by atoms with Gasteiger partial charge in [-0.05, 0) is 25.2 Å². The van der Waals surface area contributed by atoms with Crippen LogP contribution in [-0.2, 0) is 14.3 Å². The second-order valence-corrected chi connectivity index (χ2v) is 6.10. The number of carbonyl (C=O) groups is 1. The van der Waals surface area contributed by atoms with Gasteiger partial charge in [-0.1, -0.05) is 13.3 Å². The minimum Gasteiger partial charge on any atom is -0.348 e. The first kappa shape index (κ1) is 11.7. The standard InChI is InChI=1S/C14H22O3/c1-13-6-7-14(16-8-9-17-14)10-11(13)4-2-3-5-12(13)15/h11H,2-10H2,1H3/t11-,13+/m1/s1. The molecule has 1 aliphatic heterocycles. The van der Waals surface area contributed by atoms with Crippen LogP contribution in [0.2, 0.25) is 0 Å². The molecular formula is C14H22O3. The normalized spacial score (nSPS) is 41.2. The number of Topliss-reactive ketones (excluding diaryl/α,β-unsaturated/α-hetero) is 1. The molecule has 2 saturated carbocycles. The Kier molecular flexibility index (Phi) is 2.79. The Labute approximate surface area is 103 Å². The molecule has 0 radical (unpaired) electrons. The molecule has 17 heavy (non-hydrogen) atoms. The molecular weight excluding hydrogens is 216 g/mol. The zero-order valence-corrected chi connectivity index (χ0v) is 10.7. The van der Waals surface area contributed by atoms with E-state index in [1.54, 1.807) is 0 Å². The summed E-state index contributed by atoms with van der Waals surface area (Å²) in [6.07, 6.45) is 6.96. The van der Waals surface area contributed by atoms with Crippen LogP contribution in [0.4, 0.5) is 0 Å². The highest BCUT2D eigenvalue weighted by molar-refractivity contribution is 5.85. The number of hydrogen-bond acceptors (Lipinski definition) is 3. The number of ether oxygens (including phenoxy) is 2. The summed E-state index contributed by atoms with van der Waals surface area (Å²) >= 11 is 0. The monoisotopic (exact) mass is 238 g/mol. The molecule has 1 saturated heterocycles. The van der Waals surface area contributed by atoms with Gasteiger partial charge in [0.25, 0.3) is 0 Å². The van der Waals surface area contributed by atoms with Gasteiger partial charge in [-0.15, -0.1) is 0 Å². The second kappa shape index (κ2) is 4.06. The predicted octanol–water partition coefficient (Wildman–Crippen LogP) is 2.68. The molecule has 0 aromatic rings. The van der Waals surface area contributed by atoms with Gasteiger partial charge in [-0.2, -0.15) is 0 Å². The Morgan fingerprint density at radius 2 is 1.94 bits per heavy atom. The van der Waals surface area contributed by atoms with Crippen LogP contribution in [0.3, 0.4) is 0 Å².